The molecule has 0 spiro atoms. The number of benzene rings is 1. The van der Waals surface area contributed by atoms with Crippen LogP contribution in [0.2, 0.25) is 10.0 Å². The monoisotopic (exact) mass is 330 g/mol. The van der Waals surface area contributed by atoms with E-state index in [9.17, 15) is 0 Å². The van der Waals surface area contributed by atoms with Crippen molar-refractivity contribution >= 4 is 23.2 Å². The van der Waals surface area contributed by atoms with Crippen molar-refractivity contribution in [1.29, 1.82) is 0 Å². The van der Waals surface area contributed by atoms with Crippen LogP contribution in [-0.2, 0) is 4.74 Å². The molecule has 1 saturated heterocycles. The van der Waals surface area contributed by atoms with Gasteiger partial charge in [-0.3, -0.25) is 0 Å². The Hall–Kier alpha value is -0.320. The number of ether oxygens (including phenoxy) is 1. The molecule has 0 amide bonds. The Bertz CT molecular complexity index is 448. The number of hydrogen-bond acceptors (Lipinski definition) is 3. The molecular weight excluding hydrogens is 307 g/mol. The first kappa shape index (κ1) is 17.0. The summed E-state index contributed by atoms with van der Waals surface area (Å²) in [6.45, 7) is 3.28. The van der Waals surface area contributed by atoms with Crippen LogP contribution in [0, 0.1) is 0 Å². The first-order valence-electron chi connectivity index (χ1n) is 7.52. The molecule has 1 aromatic carbocycles. The average molecular weight is 331 g/mol. The molecule has 5 heteroatoms. The maximum Gasteiger partial charge on any atom is 0.0640 e. The molecule has 1 aliphatic heterocycles. The summed E-state index contributed by atoms with van der Waals surface area (Å²) in [4.78, 5) is 2.50. The summed E-state index contributed by atoms with van der Waals surface area (Å²) in [5, 5.41) is 4.64. The lowest BCUT2D eigenvalue weighted by Gasteiger charge is -2.32. The normalized spacial score (nSPS) is 18.9. The zero-order chi connectivity index (χ0) is 15.2. The van der Waals surface area contributed by atoms with Crippen molar-refractivity contribution in [3.63, 3.8) is 0 Å². The van der Waals surface area contributed by atoms with Crippen molar-refractivity contribution in [2.24, 2.45) is 0 Å². The highest BCUT2D eigenvalue weighted by atomic mass is 35.5. The van der Waals surface area contributed by atoms with Gasteiger partial charge in [-0.1, -0.05) is 35.3 Å². The van der Waals surface area contributed by atoms with Gasteiger partial charge in [0.1, 0.15) is 0 Å². The summed E-state index contributed by atoms with van der Waals surface area (Å²) in [7, 11) is 3.78. The van der Waals surface area contributed by atoms with Gasteiger partial charge in [0.25, 0.3) is 0 Å². The van der Waals surface area contributed by atoms with E-state index in [0.29, 0.717) is 16.1 Å². The zero-order valence-corrected chi connectivity index (χ0v) is 14.3. The largest absolute Gasteiger partial charge is 0.381 e. The summed E-state index contributed by atoms with van der Waals surface area (Å²) < 4.78 is 5.41. The zero-order valence-electron chi connectivity index (χ0n) is 12.7. The van der Waals surface area contributed by atoms with Gasteiger partial charge in [0.2, 0.25) is 0 Å². The number of piperidine rings is 1. The van der Waals surface area contributed by atoms with E-state index < -0.39 is 0 Å². The third-order valence-corrected chi connectivity index (χ3v) is 5.14. The molecule has 21 heavy (non-hydrogen) atoms. The molecule has 0 aromatic heterocycles. The van der Waals surface area contributed by atoms with E-state index in [-0.39, 0.29) is 6.04 Å². The first-order chi connectivity index (χ1) is 10.2. The van der Waals surface area contributed by atoms with Gasteiger partial charge in [0.05, 0.1) is 16.1 Å². The van der Waals surface area contributed by atoms with E-state index in [2.05, 4.69) is 10.2 Å². The molecule has 118 valence electrons. The maximum atomic E-state index is 6.32. The highest BCUT2D eigenvalue weighted by Gasteiger charge is 2.20. The molecule has 1 fully saturated rings. The minimum atomic E-state index is 0.233. The van der Waals surface area contributed by atoms with Crippen LogP contribution in [0.25, 0.3) is 0 Å². The molecule has 1 aliphatic rings. The van der Waals surface area contributed by atoms with E-state index in [1.54, 1.807) is 7.11 Å². The number of likely N-dealkylation sites (tertiary alicyclic amines) is 1. The van der Waals surface area contributed by atoms with Crippen LogP contribution in [0.1, 0.15) is 30.9 Å². The molecule has 3 nitrogen and oxygen atoms in total. The molecule has 2 rings (SSSR count). The van der Waals surface area contributed by atoms with Crippen molar-refractivity contribution in [3.05, 3.63) is 33.8 Å². The fraction of sp³-hybridized carbons (Fsp3) is 0.625. The Balaban J connectivity index is 1.90. The molecule has 1 aromatic rings. The average Bonchev–Trinajstić information content (AvgIpc) is 2.52. The Kier molecular flexibility index (Phi) is 6.77. The number of rotatable bonds is 6. The molecular formula is C16H24Cl2N2O. The summed E-state index contributed by atoms with van der Waals surface area (Å²) in [5.74, 6) is 0. The summed E-state index contributed by atoms with van der Waals surface area (Å²) in [6.07, 6.45) is 3.70. The molecule has 1 heterocycles. The number of nitrogens with one attached hydrogen (secondary N) is 1. The highest BCUT2D eigenvalue weighted by Crippen LogP contribution is 2.31. The molecule has 1 atom stereocenters. The standard InChI is InChI=1S/C16H24Cl2N2O/c1-19-15(13-4-3-5-14(17)16(13)18)8-11-20-9-6-12(21-2)7-10-20/h3-5,12,15,19H,6-11H2,1-2H3. The molecule has 1 unspecified atom stereocenters. The fourth-order valence-corrected chi connectivity index (χ4v) is 3.36. The molecule has 1 N–H and O–H groups in total. The second-order valence-corrected chi connectivity index (χ2v) is 6.33. The lowest BCUT2D eigenvalue weighted by molar-refractivity contribution is 0.0401. The third-order valence-electron chi connectivity index (χ3n) is 4.31. The van der Waals surface area contributed by atoms with Crippen molar-refractivity contribution in [3.8, 4) is 0 Å². The topological polar surface area (TPSA) is 24.5 Å². The van der Waals surface area contributed by atoms with Gasteiger partial charge < -0.3 is 15.0 Å². The Labute approximate surface area is 137 Å². The van der Waals surface area contributed by atoms with E-state index in [1.807, 2.05) is 25.2 Å². The second-order valence-electron chi connectivity index (χ2n) is 5.55. The quantitative estimate of drug-likeness (QED) is 0.859. The SMILES string of the molecule is CNC(CCN1CCC(OC)CC1)c1cccc(Cl)c1Cl. The number of halogens is 2. The number of hydrogen-bond donors (Lipinski definition) is 1. The van der Waals surface area contributed by atoms with E-state index in [0.717, 1.165) is 44.5 Å². The van der Waals surface area contributed by atoms with Gasteiger partial charge in [-0.25, -0.2) is 0 Å². The third kappa shape index (κ3) is 4.57. The number of nitrogens with zero attached hydrogens (tertiary/aromatic N) is 1. The van der Waals surface area contributed by atoms with Crippen molar-refractivity contribution < 1.29 is 4.74 Å². The number of methoxy groups -OCH3 is 1. The molecule has 0 aliphatic carbocycles. The van der Waals surface area contributed by atoms with Crippen LogP contribution in [0.15, 0.2) is 18.2 Å². The van der Waals surface area contributed by atoms with E-state index in [1.165, 1.54) is 0 Å². The second kappa shape index (κ2) is 8.35. The van der Waals surface area contributed by atoms with Crippen molar-refractivity contribution in [2.45, 2.75) is 31.4 Å². The van der Waals surface area contributed by atoms with Gasteiger partial charge >= 0.3 is 0 Å². The minimum absolute atomic E-state index is 0.233. The fourth-order valence-electron chi connectivity index (χ4n) is 2.93. The van der Waals surface area contributed by atoms with E-state index in [4.69, 9.17) is 27.9 Å². The van der Waals surface area contributed by atoms with Crippen LogP contribution in [-0.4, -0.2) is 44.8 Å². The Morgan fingerprint density at radius 3 is 2.67 bits per heavy atom. The van der Waals surface area contributed by atoms with Crippen LogP contribution >= 0.6 is 23.2 Å². The summed E-state index contributed by atoms with van der Waals surface area (Å²) in [6, 6.07) is 6.07. The van der Waals surface area contributed by atoms with Gasteiger partial charge in [-0.15, -0.1) is 0 Å². The van der Waals surface area contributed by atoms with Crippen molar-refractivity contribution in [2.75, 3.05) is 33.8 Å². The van der Waals surface area contributed by atoms with Crippen molar-refractivity contribution in [1.82, 2.24) is 10.2 Å². The van der Waals surface area contributed by atoms with Gasteiger partial charge in [-0.2, -0.15) is 0 Å². The highest BCUT2D eigenvalue weighted by molar-refractivity contribution is 6.42. The minimum Gasteiger partial charge on any atom is -0.381 e. The smallest absolute Gasteiger partial charge is 0.0640 e. The van der Waals surface area contributed by atoms with Gasteiger partial charge in [-0.05, 0) is 44.5 Å². The van der Waals surface area contributed by atoms with Crippen LogP contribution < -0.4 is 5.32 Å². The summed E-state index contributed by atoms with van der Waals surface area (Å²) >= 11 is 12.4. The summed E-state index contributed by atoms with van der Waals surface area (Å²) in [5.41, 5.74) is 1.08. The Morgan fingerprint density at radius 1 is 1.33 bits per heavy atom. The molecule has 0 saturated carbocycles. The van der Waals surface area contributed by atoms with Gasteiger partial charge in [0.15, 0.2) is 0 Å². The maximum absolute atomic E-state index is 6.32. The van der Waals surface area contributed by atoms with Crippen LogP contribution in [0.3, 0.4) is 0 Å². The van der Waals surface area contributed by atoms with Gasteiger partial charge in [0, 0.05) is 26.2 Å². The van der Waals surface area contributed by atoms with E-state index >= 15 is 0 Å². The predicted molar refractivity (Wildman–Crippen MR) is 89.4 cm³/mol. The van der Waals surface area contributed by atoms with Crippen LogP contribution in [0.5, 0.6) is 0 Å². The van der Waals surface area contributed by atoms with Crippen LogP contribution in [0.4, 0.5) is 0 Å². The Morgan fingerprint density at radius 2 is 2.05 bits per heavy atom. The molecule has 0 radical (unpaired) electrons. The predicted octanol–water partition coefficient (Wildman–Crippen LogP) is 3.75. The lowest BCUT2D eigenvalue weighted by atomic mass is 10.0. The first-order valence-corrected chi connectivity index (χ1v) is 8.27. The molecule has 0 bridgehead atoms. The lowest BCUT2D eigenvalue weighted by Crippen LogP contribution is -2.38.